The van der Waals surface area contributed by atoms with E-state index in [4.69, 9.17) is 0 Å². The Bertz CT molecular complexity index is 377. The average Bonchev–Trinajstić information content (AvgIpc) is 2.18. The zero-order chi connectivity index (χ0) is 11.0. The summed E-state index contributed by atoms with van der Waals surface area (Å²) in [5.74, 6) is 0. The number of nitrogens with one attached hydrogen (secondary N) is 1. The molecule has 1 nitrogen and oxygen atoms in total. The van der Waals surface area contributed by atoms with Gasteiger partial charge in [0, 0.05) is 12.6 Å². The minimum absolute atomic E-state index is 0.805. The lowest BCUT2D eigenvalue weighted by atomic mass is 10.1. The maximum absolute atomic E-state index is 3.74. The van der Waals surface area contributed by atoms with Crippen LogP contribution in [0, 0.1) is 0 Å². The highest BCUT2D eigenvalue weighted by molar-refractivity contribution is 5.44. The molecular weight excluding hydrogens is 170 g/mol. The Kier molecular flexibility index (Phi) is 5.70. The lowest BCUT2D eigenvalue weighted by molar-refractivity contribution is 1.01. The van der Waals surface area contributed by atoms with Gasteiger partial charge in [0.2, 0.25) is 0 Å². The zero-order valence-electron chi connectivity index (χ0n) is 8.78. The third-order valence-corrected chi connectivity index (χ3v) is 1.68. The Hall–Kier alpha value is -1.90. The van der Waals surface area contributed by atoms with Crippen LogP contribution in [0.5, 0.6) is 0 Å². The number of likely N-dealkylation sites (N-methyl/N-ethyl adjacent to an activating group) is 1. The molecule has 0 aromatic rings. The molecule has 0 spiro atoms. The minimum atomic E-state index is 0.805. The topological polar surface area (TPSA) is 12.0 Å². The second-order valence-corrected chi connectivity index (χ2v) is 2.58. The fraction of sp³-hybridized carbons (Fsp3) is 0.154. The van der Waals surface area contributed by atoms with Gasteiger partial charge < -0.3 is 5.32 Å². The molecule has 0 atom stereocenters. The molecule has 0 bridgehead atoms. The van der Waals surface area contributed by atoms with Crippen molar-refractivity contribution in [2.24, 2.45) is 0 Å². The Labute approximate surface area is 85.8 Å². The molecule has 1 heteroatoms. The monoisotopic (exact) mass is 185 g/mol. The lowest BCUT2D eigenvalue weighted by Crippen LogP contribution is -2.07. The second kappa shape index (κ2) is 6.60. The lowest BCUT2D eigenvalue weighted by Gasteiger charge is -2.06. The molecule has 0 aromatic carbocycles. The summed E-state index contributed by atoms with van der Waals surface area (Å²) in [7, 11) is 1.81. The SMILES string of the molecule is C=C=C=C(NC)/C(C=C)=C(/C)C=C=C. The van der Waals surface area contributed by atoms with Gasteiger partial charge in [-0.05, 0) is 30.9 Å². The molecule has 72 valence electrons. The van der Waals surface area contributed by atoms with Crippen LogP contribution in [0.2, 0.25) is 0 Å². The van der Waals surface area contributed by atoms with Gasteiger partial charge >= 0.3 is 0 Å². The van der Waals surface area contributed by atoms with Gasteiger partial charge in [0.25, 0.3) is 0 Å². The van der Waals surface area contributed by atoms with Gasteiger partial charge in [-0.15, -0.1) is 5.73 Å². The maximum atomic E-state index is 3.74. The van der Waals surface area contributed by atoms with E-state index < -0.39 is 0 Å². The first-order valence-electron chi connectivity index (χ1n) is 4.23. The third kappa shape index (κ3) is 3.23. The molecule has 14 heavy (non-hydrogen) atoms. The standard InChI is InChI=1S/C13H15N/c1-6-9-11(4)12(8-3)13(14-5)10-7-2/h8-9,14H,1-3H2,4-5H3/b12-11-. The highest BCUT2D eigenvalue weighted by Crippen LogP contribution is 2.13. The van der Waals surface area contributed by atoms with Crippen molar-refractivity contribution in [1.29, 1.82) is 0 Å². The van der Waals surface area contributed by atoms with E-state index >= 15 is 0 Å². The quantitative estimate of drug-likeness (QED) is 0.524. The van der Waals surface area contributed by atoms with Crippen LogP contribution in [-0.4, -0.2) is 7.05 Å². The summed E-state index contributed by atoms with van der Waals surface area (Å²) in [5, 5.41) is 3.00. The molecule has 0 saturated heterocycles. The van der Waals surface area contributed by atoms with Crippen LogP contribution in [0.1, 0.15) is 6.92 Å². The van der Waals surface area contributed by atoms with Crippen LogP contribution in [0.15, 0.2) is 65.9 Å². The van der Waals surface area contributed by atoms with Crippen molar-refractivity contribution in [2.75, 3.05) is 7.05 Å². The van der Waals surface area contributed by atoms with Gasteiger partial charge in [-0.25, -0.2) is 0 Å². The molecule has 1 N–H and O–H groups in total. The predicted molar refractivity (Wildman–Crippen MR) is 61.8 cm³/mol. The summed E-state index contributed by atoms with van der Waals surface area (Å²) in [6, 6.07) is 0. The Balaban J connectivity index is 5.59. The summed E-state index contributed by atoms with van der Waals surface area (Å²) >= 11 is 0. The van der Waals surface area contributed by atoms with E-state index in [1.54, 1.807) is 12.2 Å². The van der Waals surface area contributed by atoms with Crippen molar-refractivity contribution in [3.8, 4) is 0 Å². The number of allylic oxidation sites excluding steroid dienone is 3. The van der Waals surface area contributed by atoms with Gasteiger partial charge in [0.15, 0.2) is 0 Å². The smallest absolute Gasteiger partial charge is 0.0930 e. The van der Waals surface area contributed by atoms with Crippen LogP contribution < -0.4 is 5.32 Å². The predicted octanol–water partition coefficient (Wildman–Crippen LogP) is 2.87. The molecule has 0 rings (SSSR count). The summed E-state index contributed by atoms with van der Waals surface area (Å²) in [6.45, 7) is 12.7. The largest absolute Gasteiger partial charge is 0.381 e. The van der Waals surface area contributed by atoms with Gasteiger partial charge in [-0.2, -0.15) is 0 Å². The van der Waals surface area contributed by atoms with Gasteiger partial charge in [-0.1, -0.05) is 25.0 Å². The van der Waals surface area contributed by atoms with Crippen LogP contribution in [0.25, 0.3) is 0 Å². The minimum Gasteiger partial charge on any atom is -0.381 e. The molecule has 0 aliphatic rings. The van der Waals surface area contributed by atoms with Crippen LogP contribution in [0.4, 0.5) is 0 Å². The zero-order valence-corrected chi connectivity index (χ0v) is 8.78. The van der Waals surface area contributed by atoms with E-state index in [1.165, 1.54) is 0 Å². The average molecular weight is 185 g/mol. The number of hydrogen-bond donors (Lipinski definition) is 1. The molecule has 0 fully saturated rings. The molecule has 0 heterocycles. The Morgan fingerprint density at radius 2 is 2.00 bits per heavy atom. The van der Waals surface area contributed by atoms with E-state index in [-0.39, 0.29) is 0 Å². The third-order valence-electron chi connectivity index (χ3n) is 1.68. The van der Waals surface area contributed by atoms with Crippen LogP contribution in [-0.2, 0) is 0 Å². The van der Waals surface area contributed by atoms with E-state index in [9.17, 15) is 0 Å². The summed E-state index contributed by atoms with van der Waals surface area (Å²) in [6.07, 6.45) is 3.54. The molecule has 0 radical (unpaired) electrons. The first-order valence-corrected chi connectivity index (χ1v) is 4.23. The Morgan fingerprint density at radius 3 is 2.36 bits per heavy atom. The molecule has 0 saturated carbocycles. The van der Waals surface area contributed by atoms with E-state index in [0.29, 0.717) is 0 Å². The fourth-order valence-corrected chi connectivity index (χ4v) is 1.04. The number of hydrogen-bond acceptors (Lipinski definition) is 1. The molecular formula is C13H15N. The van der Waals surface area contributed by atoms with Crippen molar-refractivity contribution in [3.63, 3.8) is 0 Å². The summed E-state index contributed by atoms with van der Waals surface area (Å²) < 4.78 is 0. The second-order valence-electron chi connectivity index (χ2n) is 2.58. The van der Waals surface area contributed by atoms with Crippen LogP contribution >= 0.6 is 0 Å². The number of rotatable bonds is 4. The van der Waals surface area contributed by atoms with Crippen molar-refractivity contribution in [1.82, 2.24) is 5.32 Å². The first kappa shape index (κ1) is 12.1. The van der Waals surface area contributed by atoms with Gasteiger partial charge in [-0.3, -0.25) is 0 Å². The molecule has 0 unspecified atom stereocenters. The first-order chi connectivity index (χ1) is 6.71. The molecule has 0 aliphatic carbocycles. The van der Waals surface area contributed by atoms with Crippen molar-refractivity contribution < 1.29 is 0 Å². The Morgan fingerprint density at radius 1 is 1.36 bits per heavy atom. The molecule has 0 aromatic heterocycles. The molecule has 0 aliphatic heterocycles. The van der Waals surface area contributed by atoms with Crippen molar-refractivity contribution in [2.45, 2.75) is 6.92 Å². The normalized spacial score (nSPS) is 9.86. The van der Waals surface area contributed by atoms with Gasteiger partial charge in [0.1, 0.15) is 0 Å². The van der Waals surface area contributed by atoms with E-state index in [0.717, 1.165) is 16.8 Å². The van der Waals surface area contributed by atoms with E-state index in [2.05, 4.69) is 42.2 Å². The summed E-state index contributed by atoms with van der Waals surface area (Å²) in [5.41, 5.74) is 11.0. The van der Waals surface area contributed by atoms with Crippen molar-refractivity contribution in [3.05, 3.63) is 65.9 Å². The highest BCUT2D eigenvalue weighted by Gasteiger charge is 2.00. The van der Waals surface area contributed by atoms with Gasteiger partial charge in [0.05, 0.1) is 5.70 Å². The van der Waals surface area contributed by atoms with Crippen LogP contribution in [0.3, 0.4) is 0 Å². The summed E-state index contributed by atoms with van der Waals surface area (Å²) in [4.78, 5) is 0. The highest BCUT2D eigenvalue weighted by atomic mass is 14.8. The van der Waals surface area contributed by atoms with Crippen molar-refractivity contribution >= 4 is 0 Å². The maximum Gasteiger partial charge on any atom is 0.0930 e. The van der Waals surface area contributed by atoms with E-state index in [1.807, 2.05) is 14.0 Å². The fourth-order valence-electron chi connectivity index (χ4n) is 1.04. The molecule has 0 amide bonds.